The quantitative estimate of drug-likeness (QED) is 0.504. The van der Waals surface area contributed by atoms with Crippen molar-refractivity contribution in [3.8, 4) is 0 Å². The zero-order chi connectivity index (χ0) is 23.0. The minimum Gasteiger partial charge on any atom is -0.481 e. The molecular formula is C25H44N4O4. The average Bonchev–Trinajstić information content (AvgIpc) is 3.46. The summed E-state index contributed by atoms with van der Waals surface area (Å²) in [4.78, 5) is 32.4. The largest absolute Gasteiger partial charge is 0.481 e. The Hall–Kier alpha value is -1.38. The first-order valence-corrected chi connectivity index (χ1v) is 13.4. The van der Waals surface area contributed by atoms with Crippen LogP contribution in [0.2, 0.25) is 0 Å². The molecular weight excluding hydrogens is 420 g/mol. The standard InChI is InChI=1S/C25H44N4O4/c30-24(31)8-4-11-26-15-17-27(18-16-26)19-23-20-29(25(32)33-23)12-3-5-21-9-13-28(14-10-21)22-6-1-2-7-22/h21-23H,1-20H2,(H,30,31). The van der Waals surface area contributed by atoms with E-state index in [0.29, 0.717) is 6.42 Å². The molecule has 0 aromatic carbocycles. The van der Waals surface area contributed by atoms with E-state index in [-0.39, 0.29) is 18.6 Å². The number of carbonyl (C=O) groups excluding carboxylic acids is 1. The zero-order valence-corrected chi connectivity index (χ0v) is 20.3. The normalized spacial score (nSPS) is 26.8. The molecule has 3 heterocycles. The van der Waals surface area contributed by atoms with Crippen molar-refractivity contribution >= 4 is 12.1 Å². The summed E-state index contributed by atoms with van der Waals surface area (Å²) in [6.07, 6.45) is 11.4. The summed E-state index contributed by atoms with van der Waals surface area (Å²) in [5, 5.41) is 8.78. The molecule has 188 valence electrons. The Kier molecular flexibility index (Phi) is 9.26. The number of piperidine rings is 1. The van der Waals surface area contributed by atoms with Crippen LogP contribution in [0.1, 0.15) is 64.2 Å². The molecule has 33 heavy (non-hydrogen) atoms. The SMILES string of the molecule is O=C(O)CCCN1CCN(CC2CN(CCCC3CCN(C4CCCC4)CC3)C(=O)O2)CC1. The fourth-order valence-electron chi connectivity index (χ4n) is 6.24. The predicted molar refractivity (Wildman–Crippen MR) is 127 cm³/mol. The highest BCUT2D eigenvalue weighted by atomic mass is 16.6. The Morgan fingerprint density at radius 3 is 2.30 bits per heavy atom. The van der Waals surface area contributed by atoms with Gasteiger partial charge in [0.05, 0.1) is 6.54 Å². The van der Waals surface area contributed by atoms with Crippen LogP contribution in [0.4, 0.5) is 4.79 Å². The van der Waals surface area contributed by atoms with Gasteiger partial charge in [-0.25, -0.2) is 4.79 Å². The summed E-state index contributed by atoms with van der Waals surface area (Å²) in [5.74, 6) is 0.106. The Bertz CT molecular complexity index is 626. The summed E-state index contributed by atoms with van der Waals surface area (Å²) >= 11 is 0. The van der Waals surface area contributed by atoms with E-state index in [4.69, 9.17) is 9.84 Å². The number of rotatable bonds is 11. The third-order valence-corrected chi connectivity index (χ3v) is 8.27. The predicted octanol–water partition coefficient (Wildman–Crippen LogP) is 2.72. The van der Waals surface area contributed by atoms with Gasteiger partial charge < -0.3 is 24.5 Å². The highest BCUT2D eigenvalue weighted by molar-refractivity contribution is 5.69. The van der Waals surface area contributed by atoms with E-state index < -0.39 is 5.97 Å². The first kappa shape index (κ1) is 24.7. The smallest absolute Gasteiger partial charge is 0.410 e. The number of likely N-dealkylation sites (tertiary alicyclic amines) is 1. The van der Waals surface area contributed by atoms with Crippen molar-refractivity contribution in [2.24, 2.45) is 5.92 Å². The van der Waals surface area contributed by atoms with Gasteiger partial charge in [0.2, 0.25) is 0 Å². The van der Waals surface area contributed by atoms with Crippen LogP contribution >= 0.6 is 0 Å². The van der Waals surface area contributed by atoms with Crippen molar-refractivity contribution in [2.45, 2.75) is 76.4 Å². The molecule has 0 aromatic rings. The Balaban J connectivity index is 1.07. The van der Waals surface area contributed by atoms with Crippen molar-refractivity contribution in [2.75, 3.05) is 65.4 Å². The second-order valence-corrected chi connectivity index (χ2v) is 10.7. The van der Waals surface area contributed by atoms with Gasteiger partial charge in [-0.05, 0) is 70.5 Å². The molecule has 4 rings (SSSR count). The van der Waals surface area contributed by atoms with E-state index in [2.05, 4.69) is 14.7 Å². The molecule has 0 spiro atoms. The van der Waals surface area contributed by atoms with Crippen LogP contribution in [0.5, 0.6) is 0 Å². The van der Waals surface area contributed by atoms with Gasteiger partial charge in [0.25, 0.3) is 0 Å². The number of carboxylic acid groups (broad SMARTS) is 1. The van der Waals surface area contributed by atoms with Crippen LogP contribution in [-0.4, -0.2) is 114 Å². The van der Waals surface area contributed by atoms with Gasteiger partial charge in [-0.2, -0.15) is 0 Å². The van der Waals surface area contributed by atoms with E-state index >= 15 is 0 Å². The summed E-state index contributed by atoms with van der Waals surface area (Å²) in [7, 11) is 0. The zero-order valence-electron chi connectivity index (χ0n) is 20.3. The van der Waals surface area contributed by atoms with Crippen molar-refractivity contribution < 1.29 is 19.4 Å². The summed E-state index contributed by atoms with van der Waals surface area (Å²) < 4.78 is 5.67. The summed E-state index contributed by atoms with van der Waals surface area (Å²) in [6, 6.07) is 0.863. The lowest BCUT2D eigenvalue weighted by Gasteiger charge is -2.36. The van der Waals surface area contributed by atoms with Crippen LogP contribution in [0.3, 0.4) is 0 Å². The number of amides is 1. The van der Waals surface area contributed by atoms with Gasteiger partial charge in [-0.15, -0.1) is 0 Å². The second kappa shape index (κ2) is 12.4. The Morgan fingerprint density at radius 2 is 1.61 bits per heavy atom. The van der Waals surface area contributed by atoms with Gasteiger partial charge in [0.1, 0.15) is 6.10 Å². The van der Waals surface area contributed by atoms with Gasteiger partial charge in [-0.1, -0.05) is 12.8 Å². The fraction of sp³-hybridized carbons (Fsp3) is 0.920. The lowest BCUT2D eigenvalue weighted by Crippen LogP contribution is -2.49. The third-order valence-electron chi connectivity index (χ3n) is 8.27. The van der Waals surface area contributed by atoms with Crippen molar-refractivity contribution in [1.29, 1.82) is 0 Å². The molecule has 0 aromatic heterocycles. The lowest BCUT2D eigenvalue weighted by atomic mass is 9.91. The van der Waals surface area contributed by atoms with E-state index in [1.54, 1.807) is 0 Å². The number of nitrogens with zero attached hydrogens (tertiary/aromatic N) is 4. The fourth-order valence-corrected chi connectivity index (χ4v) is 6.24. The van der Waals surface area contributed by atoms with E-state index in [1.165, 1.54) is 58.0 Å². The van der Waals surface area contributed by atoms with Gasteiger partial charge in [-0.3, -0.25) is 9.69 Å². The molecule has 8 heteroatoms. The number of hydrogen-bond donors (Lipinski definition) is 1. The number of carboxylic acids is 1. The minimum absolute atomic E-state index is 0.0225. The lowest BCUT2D eigenvalue weighted by molar-refractivity contribution is -0.137. The number of aliphatic carboxylic acids is 1. The summed E-state index contributed by atoms with van der Waals surface area (Å²) in [5.41, 5.74) is 0. The van der Waals surface area contributed by atoms with E-state index in [9.17, 15) is 9.59 Å². The van der Waals surface area contributed by atoms with Crippen LogP contribution < -0.4 is 0 Å². The van der Waals surface area contributed by atoms with Gasteiger partial charge in [0, 0.05) is 51.7 Å². The molecule has 4 aliphatic rings. The van der Waals surface area contributed by atoms with Crippen molar-refractivity contribution in [1.82, 2.24) is 19.6 Å². The molecule has 4 fully saturated rings. The molecule has 3 saturated heterocycles. The second-order valence-electron chi connectivity index (χ2n) is 10.7. The third kappa shape index (κ3) is 7.55. The highest BCUT2D eigenvalue weighted by Gasteiger charge is 2.33. The molecule has 0 radical (unpaired) electrons. The van der Waals surface area contributed by atoms with Crippen LogP contribution in [0, 0.1) is 5.92 Å². The molecule has 1 aliphatic carbocycles. The first-order chi connectivity index (χ1) is 16.1. The maximum atomic E-state index is 12.3. The topological polar surface area (TPSA) is 76.6 Å². The Labute approximate surface area is 199 Å². The molecule has 1 N–H and O–H groups in total. The molecule has 1 atom stereocenters. The van der Waals surface area contributed by atoms with Crippen LogP contribution in [-0.2, 0) is 9.53 Å². The average molecular weight is 465 g/mol. The molecule has 0 bridgehead atoms. The first-order valence-electron chi connectivity index (χ1n) is 13.4. The maximum Gasteiger partial charge on any atom is 0.410 e. The van der Waals surface area contributed by atoms with Crippen LogP contribution in [0.25, 0.3) is 0 Å². The van der Waals surface area contributed by atoms with Gasteiger partial charge in [0.15, 0.2) is 0 Å². The van der Waals surface area contributed by atoms with E-state index in [0.717, 1.165) is 70.7 Å². The van der Waals surface area contributed by atoms with Crippen LogP contribution in [0.15, 0.2) is 0 Å². The number of ether oxygens (including phenoxy) is 1. The van der Waals surface area contributed by atoms with Crippen molar-refractivity contribution in [3.05, 3.63) is 0 Å². The monoisotopic (exact) mass is 464 g/mol. The van der Waals surface area contributed by atoms with E-state index in [1.807, 2.05) is 4.90 Å². The molecule has 1 amide bonds. The van der Waals surface area contributed by atoms with Crippen molar-refractivity contribution in [3.63, 3.8) is 0 Å². The number of cyclic esters (lactones) is 1. The summed E-state index contributed by atoms with van der Waals surface area (Å²) in [6.45, 7) is 9.60. The minimum atomic E-state index is -0.717. The number of hydrogen-bond acceptors (Lipinski definition) is 6. The number of piperazine rings is 1. The molecule has 1 saturated carbocycles. The van der Waals surface area contributed by atoms with Gasteiger partial charge >= 0.3 is 12.1 Å². The Morgan fingerprint density at radius 1 is 0.909 bits per heavy atom. The maximum absolute atomic E-state index is 12.3. The highest BCUT2D eigenvalue weighted by Crippen LogP contribution is 2.29. The molecule has 3 aliphatic heterocycles. The molecule has 8 nitrogen and oxygen atoms in total. The number of carbonyl (C=O) groups is 2. The molecule has 1 unspecified atom stereocenters.